The van der Waals surface area contributed by atoms with Crippen molar-refractivity contribution in [1.82, 2.24) is 10.2 Å². The number of carbonyl (C=O) groups excluding carboxylic acids is 3. The lowest BCUT2D eigenvalue weighted by atomic mass is 9.50. The minimum atomic E-state index is -5.08. The van der Waals surface area contributed by atoms with Gasteiger partial charge in [0.15, 0.2) is 23.7 Å². The first kappa shape index (κ1) is 34.8. The summed E-state index contributed by atoms with van der Waals surface area (Å²) in [7, 11) is 2.00. The number of hydrogen-bond acceptors (Lipinski definition) is 11. The molecular weight excluding hydrogens is 621 g/mol. The van der Waals surface area contributed by atoms with E-state index in [1.807, 2.05) is 13.1 Å². The molecule has 1 spiro atoms. The summed E-state index contributed by atoms with van der Waals surface area (Å²) in [5.41, 5.74) is -0.919. The summed E-state index contributed by atoms with van der Waals surface area (Å²) in [5, 5.41) is 32.4. The van der Waals surface area contributed by atoms with Crippen LogP contribution in [0.2, 0.25) is 0 Å². The zero-order valence-corrected chi connectivity index (χ0v) is 25.9. The Kier molecular flexibility index (Phi) is 9.30. The van der Waals surface area contributed by atoms with Crippen molar-refractivity contribution in [1.29, 1.82) is 0 Å². The molecule has 5 rings (SSSR count). The molecule has 254 valence electrons. The maximum Gasteiger partial charge on any atom is 0.509 e. The summed E-state index contributed by atoms with van der Waals surface area (Å²) in [6, 6.07) is 3.34. The van der Waals surface area contributed by atoms with Crippen molar-refractivity contribution in [2.45, 2.75) is 94.4 Å². The average Bonchev–Trinajstić information content (AvgIpc) is 3.28. The van der Waals surface area contributed by atoms with Crippen molar-refractivity contribution in [3.63, 3.8) is 0 Å². The lowest BCUT2D eigenvalue weighted by molar-refractivity contribution is -0.192. The fraction of sp³-hybridized carbons (Fsp3) is 0.600. The zero-order chi connectivity index (χ0) is 34.4. The summed E-state index contributed by atoms with van der Waals surface area (Å²) in [6.45, 7) is 7.14. The normalized spacial score (nSPS) is 26.6. The van der Waals surface area contributed by atoms with Crippen LogP contribution in [0.5, 0.6) is 11.5 Å². The number of piperidine rings is 1. The summed E-state index contributed by atoms with van der Waals surface area (Å²) in [4.78, 5) is 47.9. The molecule has 5 atom stereocenters. The van der Waals surface area contributed by atoms with Gasteiger partial charge in [-0.15, -0.1) is 0 Å². The van der Waals surface area contributed by atoms with Crippen molar-refractivity contribution in [3.8, 4) is 11.5 Å². The Bertz CT molecular complexity index is 1440. The lowest BCUT2D eigenvalue weighted by Gasteiger charge is -2.61. The molecule has 1 fully saturated rings. The smallest absolute Gasteiger partial charge is 0.504 e. The number of aliphatic hydroxyl groups is 1. The molecular formula is C30H37F3N2O11. The highest BCUT2D eigenvalue weighted by Gasteiger charge is 2.72. The molecule has 16 heteroatoms. The first-order valence-corrected chi connectivity index (χ1v) is 14.5. The van der Waals surface area contributed by atoms with Crippen molar-refractivity contribution < 1.29 is 66.6 Å². The fourth-order valence-electron chi connectivity index (χ4n) is 6.52. The number of esters is 1. The first-order chi connectivity index (χ1) is 21.2. The largest absolute Gasteiger partial charge is 0.509 e. The number of phenolic OH excluding ortho intramolecular Hbond substituents is 1. The zero-order valence-electron chi connectivity index (χ0n) is 25.9. The van der Waals surface area contributed by atoms with Gasteiger partial charge in [0.25, 0.3) is 5.91 Å². The number of likely N-dealkylation sites (tertiary alicyclic amines) is 1. The van der Waals surface area contributed by atoms with Crippen molar-refractivity contribution in [2.24, 2.45) is 0 Å². The molecule has 1 saturated heterocycles. The molecule has 0 saturated carbocycles. The minimum Gasteiger partial charge on any atom is -0.504 e. The third-order valence-corrected chi connectivity index (χ3v) is 8.49. The SMILES string of the molecule is C[C@H](OC(=O)OC(C)(C)C)C(=O)NCCC(=O)OC1=CC[C@@]2(O)[C@H]3Cc4ccc(O)c5c4[C@@]2(CCN3C)[C@H]1O5.O=C(O)C(F)(F)F. The quantitative estimate of drug-likeness (QED) is 0.329. The van der Waals surface area contributed by atoms with Gasteiger partial charge in [0.2, 0.25) is 0 Å². The number of benzene rings is 1. The number of hydrogen-bond donors (Lipinski definition) is 4. The van der Waals surface area contributed by atoms with Gasteiger partial charge >= 0.3 is 24.3 Å². The summed E-state index contributed by atoms with van der Waals surface area (Å²) in [5.74, 6) is -3.29. The Morgan fingerprint density at radius 3 is 2.46 bits per heavy atom. The van der Waals surface area contributed by atoms with E-state index in [1.165, 1.54) is 6.92 Å². The highest BCUT2D eigenvalue weighted by molar-refractivity contribution is 5.83. The van der Waals surface area contributed by atoms with E-state index in [0.29, 0.717) is 24.4 Å². The minimum absolute atomic E-state index is 0.00615. The van der Waals surface area contributed by atoms with Crippen LogP contribution in [0, 0.1) is 0 Å². The molecule has 2 aliphatic heterocycles. The number of rotatable bonds is 6. The van der Waals surface area contributed by atoms with Gasteiger partial charge in [-0.05, 0) is 71.8 Å². The van der Waals surface area contributed by atoms with Gasteiger partial charge in [-0.25, -0.2) is 9.59 Å². The first-order valence-electron chi connectivity index (χ1n) is 14.5. The van der Waals surface area contributed by atoms with E-state index in [1.54, 1.807) is 32.9 Å². The molecule has 1 aromatic rings. The molecule has 13 nitrogen and oxygen atoms in total. The van der Waals surface area contributed by atoms with Gasteiger partial charge < -0.3 is 44.5 Å². The number of amides is 1. The molecule has 46 heavy (non-hydrogen) atoms. The molecule has 2 heterocycles. The van der Waals surface area contributed by atoms with Crippen molar-refractivity contribution >= 4 is 24.0 Å². The molecule has 0 radical (unpaired) electrons. The maximum absolute atomic E-state index is 12.8. The predicted octanol–water partition coefficient (Wildman–Crippen LogP) is 2.69. The predicted molar refractivity (Wildman–Crippen MR) is 151 cm³/mol. The number of carboxylic acid groups (broad SMARTS) is 1. The van der Waals surface area contributed by atoms with Gasteiger partial charge in [0.1, 0.15) is 11.4 Å². The maximum atomic E-state index is 12.8. The molecule has 0 unspecified atom stereocenters. The van der Waals surface area contributed by atoms with Crippen LogP contribution in [-0.2, 0) is 40.4 Å². The lowest BCUT2D eigenvalue weighted by Crippen LogP contribution is -2.74. The number of nitrogens with zero attached hydrogens (tertiary/aromatic N) is 1. The highest BCUT2D eigenvalue weighted by atomic mass is 19.4. The van der Waals surface area contributed by atoms with Crippen LogP contribution in [0.3, 0.4) is 0 Å². The molecule has 1 amide bonds. The Balaban J connectivity index is 0.000000617. The van der Waals surface area contributed by atoms with Crippen LogP contribution in [-0.4, -0.2) is 100.0 Å². The van der Waals surface area contributed by atoms with E-state index >= 15 is 0 Å². The van der Waals surface area contributed by atoms with E-state index in [2.05, 4.69) is 10.2 Å². The standard InChI is InChI=1S/C28H36N2O9.C2HF3O2/c1-15(36-25(34)39-26(2,3)4)24(33)29-12-9-20(32)37-18-8-10-28(35)19-14-16-6-7-17(31)22-21(16)27(28,23(18)38-22)11-13-30(19)5;3-2(4,5)1(6)7/h6-8,15,19,23,31,35H,9-14H2,1-5H3,(H,29,33);(H,6,7)/t15-,19+,23-,27-,28+;/m0./s1. The van der Waals surface area contributed by atoms with Crippen LogP contribution in [0.4, 0.5) is 18.0 Å². The van der Waals surface area contributed by atoms with Gasteiger partial charge in [-0.1, -0.05) is 6.07 Å². The van der Waals surface area contributed by atoms with E-state index in [4.69, 9.17) is 28.8 Å². The van der Waals surface area contributed by atoms with E-state index in [-0.39, 0.29) is 31.2 Å². The third kappa shape index (κ3) is 6.45. The second-order valence-corrected chi connectivity index (χ2v) is 12.6. The molecule has 2 bridgehead atoms. The number of carbonyl (C=O) groups is 4. The molecule has 1 aromatic carbocycles. The number of likely N-dealkylation sites (N-methyl/N-ethyl adjacent to an activating group) is 1. The number of aromatic hydroxyl groups is 1. The monoisotopic (exact) mass is 658 g/mol. The van der Waals surface area contributed by atoms with Gasteiger partial charge in [-0.2, -0.15) is 13.2 Å². The Hall–Kier alpha value is -4.05. The number of carboxylic acids is 1. The summed E-state index contributed by atoms with van der Waals surface area (Å²) < 4.78 is 53.8. The second-order valence-electron chi connectivity index (χ2n) is 12.6. The number of aliphatic carboxylic acids is 1. The number of ether oxygens (including phenoxy) is 4. The Morgan fingerprint density at radius 2 is 1.85 bits per heavy atom. The van der Waals surface area contributed by atoms with Crippen molar-refractivity contribution in [2.75, 3.05) is 20.1 Å². The van der Waals surface area contributed by atoms with Crippen LogP contribution in [0.1, 0.15) is 58.1 Å². The second kappa shape index (κ2) is 12.3. The van der Waals surface area contributed by atoms with Crippen LogP contribution >= 0.6 is 0 Å². The highest BCUT2D eigenvalue weighted by Crippen LogP contribution is 2.65. The molecule has 4 N–H and O–H groups in total. The van der Waals surface area contributed by atoms with Crippen LogP contribution in [0.25, 0.3) is 0 Å². The summed E-state index contributed by atoms with van der Waals surface area (Å²) >= 11 is 0. The van der Waals surface area contributed by atoms with Crippen LogP contribution in [0.15, 0.2) is 24.0 Å². The molecule has 2 aliphatic carbocycles. The van der Waals surface area contributed by atoms with Crippen molar-refractivity contribution in [3.05, 3.63) is 35.1 Å². The molecule has 4 aliphatic rings. The third-order valence-electron chi connectivity index (χ3n) is 8.49. The number of halogens is 3. The van der Waals surface area contributed by atoms with Crippen LogP contribution < -0.4 is 10.1 Å². The fourth-order valence-corrected chi connectivity index (χ4v) is 6.52. The van der Waals surface area contributed by atoms with Gasteiger partial charge in [-0.3, -0.25) is 9.59 Å². The van der Waals surface area contributed by atoms with E-state index in [9.17, 15) is 37.8 Å². The topological polar surface area (TPSA) is 181 Å². The Labute approximate surface area is 262 Å². The Morgan fingerprint density at radius 1 is 1.20 bits per heavy atom. The van der Waals surface area contributed by atoms with Gasteiger partial charge in [0.05, 0.1) is 17.4 Å². The number of nitrogens with one attached hydrogen (secondary N) is 1. The molecule has 0 aromatic heterocycles. The summed E-state index contributed by atoms with van der Waals surface area (Å²) in [6.07, 6.45) is -4.87. The van der Waals surface area contributed by atoms with E-state index < -0.39 is 59.0 Å². The average molecular weight is 659 g/mol. The van der Waals surface area contributed by atoms with E-state index in [0.717, 1.165) is 17.7 Å². The number of phenols is 1. The number of alkyl halides is 3. The van der Waals surface area contributed by atoms with Gasteiger partial charge in [0, 0.05) is 24.6 Å².